The fourth-order valence-electron chi connectivity index (χ4n) is 1.71. The van der Waals surface area contributed by atoms with Crippen molar-refractivity contribution in [3.8, 4) is 0 Å². The van der Waals surface area contributed by atoms with Gasteiger partial charge < -0.3 is 9.47 Å². The largest absolute Gasteiger partial charge is 0.452 e. The first-order chi connectivity index (χ1) is 9.96. The molecule has 8 nitrogen and oxygen atoms in total. The topological polar surface area (TPSA) is 99.0 Å². The lowest BCUT2D eigenvalue weighted by atomic mass is 10.1. The first kappa shape index (κ1) is 16.2. The molecular weight excluding hydrogens is 280 g/mol. The predicted molar refractivity (Wildman–Crippen MR) is 72.7 cm³/mol. The number of methoxy groups -OCH3 is 2. The summed E-state index contributed by atoms with van der Waals surface area (Å²) in [4.78, 5) is 34.3. The summed E-state index contributed by atoms with van der Waals surface area (Å²) in [5.41, 5.74) is 0.157. The Morgan fingerprint density at radius 3 is 2.33 bits per heavy atom. The van der Waals surface area contributed by atoms with Crippen molar-refractivity contribution in [2.75, 3.05) is 14.2 Å². The molecule has 112 valence electrons. The second-order valence-corrected chi connectivity index (χ2v) is 3.84. The van der Waals surface area contributed by atoms with E-state index in [-0.39, 0.29) is 5.69 Å². The van der Waals surface area contributed by atoms with Crippen molar-refractivity contribution in [3.63, 3.8) is 0 Å². The van der Waals surface area contributed by atoms with Crippen molar-refractivity contribution in [1.82, 2.24) is 4.90 Å². The normalized spacial score (nSPS) is 11.1. The molecule has 0 radical (unpaired) electrons. The number of rotatable bonds is 4. The number of ether oxygens (including phenoxy) is 2. The van der Waals surface area contributed by atoms with E-state index in [1.807, 2.05) is 0 Å². The molecule has 0 aliphatic rings. The molecule has 0 saturated heterocycles. The Morgan fingerprint density at radius 2 is 1.90 bits per heavy atom. The van der Waals surface area contributed by atoms with E-state index in [1.165, 1.54) is 30.3 Å². The highest BCUT2D eigenvalue weighted by molar-refractivity contribution is 5.88. The fourth-order valence-corrected chi connectivity index (χ4v) is 1.71. The van der Waals surface area contributed by atoms with Gasteiger partial charge in [0.2, 0.25) is 0 Å². The molecule has 0 bridgehead atoms. The Hall–Kier alpha value is -2.90. The van der Waals surface area contributed by atoms with Crippen molar-refractivity contribution >= 4 is 17.9 Å². The van der Waals surface area contributed by atoms with Gasteiger partial charge >= 0.3 is 12.2 Å². The summed E-state index contributed by atoms with van der Waals surface area (Å²) in [5.74, 6) is 0. The van der Waals surface area contributed by atoms with Crippen molar-refractivity contribution in [2.24, 2.45) is 0 Å². The van der Waals surface area contributed by atoms with Crippen LogP contribution in [-0.4, -0.2) is 36.2 Å². The molecule has 0 fully saturated rings. The minimum Gasteiger partial charge on any atom is -0.452 e. The molecule has 0 aliphatic heterocycles. The molecule has 21 heavy (non-hydrogen) atoms. The Labute approximate surface area is 120 Å². The van der Waals surface area contributed by atoms with Gasteiger partial charge in [-0.15, -0.1) is 6.58 Å². The quantitative estimate of drug-likeness (QED) is 0.481. The number of benzene rings is 1. The zero-order chi connectivity index (χ0) is 16.0. The summed E-state index contributed by atoms with van der Waals surface area (Å²) in [5, 5.41) is 10.8. The molecule has 1 rings (SSSR count). The molecule has 0 aliphatic carbocycles. The zero-order valence-corrected chi connectivity index (χ0v) is 11.5. The Morgan fingerprint density at radius 1 is 1.33 bits per heavy atom. The average molecular weight is 294 g/mol. The molecule has 1 aromatic rings. The van der Waals surface area contributed by atoms with Crippen LogP contribution in [0.1, 0.15) is 11.6 Å². The second kappa shape index (κ2) is 7.04. The zero-order valence-electron chi connectivity index (χ0n) is 11.5. The Bertz CT molecular complexity index is 556. The number of carbonyl (C=O) groups is 2. The maximum atomic E-state index is 11.7. The van der Waals surface area contributed by atoms with Crippen molar-refractivity contribution in [3.05, 3.63) is 52.6 Å². The van der Waals surface area contributed by atoms with Gasteiger partial charge in [0, 0.05) is 12.1 Å². The standard InChI is InChI=1S/C13H14N2O6/c1-4-11(14(12(16)20-2)13(17)21-3)9-6-5-7-10(8-9)15(18)19/h4-8,11H,1H2,2-3H3. The summed E-state index contributed by atoms with van der Waals surface area (Å²) in [6, 6.07) is 4.55. The number of amides is 2. The van der Waals surface area contributed by atoms with Crippen LogP contribution in [0, 0.1) is 10.1 Å². The molecule has 0 aromatic heterocycles. The summed E-state index contributed by atoms with van der Waals surface area (Å²) >= 11 is 0. The summed E-state index contributed by atoms with van der Waals surface area (Å²) < 4.78 is 9.04. The van der Waals surface area contributed by atoms with Gasteiger partial charge in [0.15, 0.2) is 0 Å². The number of imide groups is 1. The van der Waals surface area contributed by atoms with Gasteiger partial charge in [-0.1, -0.05) is 18.2 Å². The average Bonchev–Trinajstić information content (AvgIpc) is 2.51. The number of hydrogen-bond donors (Lipinski definition) is 0. The van der Waals surface area contributed by atoms with Crippen LogP contribution in [0.5, 0.6) is 0 Å². The first-order valence-corrected chi connectivity index (χ1v) is 5.78. The van der Waals surface area contributed by atoms with E-state index in [1.54, 1.807) is 0 Å². The highest BCUT2D eigenvalue weighted by atomic mass is 16.6. The number of non-ortho nitro benzene ring substituents is 1. The second-order valence-electron chi connectivity index (χ2n) is 3.84. The van der Waals surface area contributed by atoms with Crippen molar-refractivity contribution < 1.29 is 24.0 Å². The first-order valence-electron chi connectivity index (χ1n) is 5.78. The maximum absolute atomic E-state index is 11.7. The highest BCUT2D eigenvalue weighted by Gasteiger charge is 2.31. The van der Waals surface area contributed by atoms with Crippen LogP contribution in [-0.2, 0) is 9.47 Å². The SMILES string of the molecule is C=CC(c1cccc([N+](=O)[O-])c1)N(C(=O)OC)C(=O)OC. The van der Waals surface area contributed by atoms with E-state index in [2.05, 4.69) is 16.1 Å². The van der Waals surface area contributed by atoms with Crippen LogP contribution in [0.2, 0.25) is 0 Å². The number of nitro benzene ring substituents is 1. The fraction of sp³-hybridized carbons (Fsp3) is 0.231. The van der Waals surface area contributed by atoms with Crippen LogP contribution in [0.15, 0.2) is 36.9 Å². The Balaban J connectivity index is 3.28. The van der Waals surface area contributed by atoms with Crippen molar-refractivity contribution in [1.29, 1.82) is 0 Å². The molecule has 0 heterocycles. The van der Waals surface area contributed by atoms with Gasteiger partial charge in [-0.05, 0) is 5.56 Å². The molecule has 8 heteroatoms. The van der Waals surface area contributed by atoms with Crippen LogP contribution in [0.4, 0.5) is 15.3 Å². The lowest BCUT2D eigenvalue weighted by molar-refractivity contribution is -0.384. The Kier molecular flexibility index (Phi) is 5.41. The maximum Gasteiger partial charge on any atom is 0.419 e. The molecule has 0 saturated carbocycles. The summed E-state index contributed by atoms with van der Waals surface area (Å²) in [7, 11) is 2.21. The molecular formula is C13H14N2O6. The van der Waals surface area contributed by atoms with Gasteiger partial charge in [-0.25, -0.2) is 14.5 Å². The third-order valence-electron chi connectivity index (χ3n) is 2.67. The number of hydrogen-bond acceptors (Lipinski definition) is 6. The van der Waals surface area contributed by atoms with Crippen LogP contribution < -0.4 is 0 Å². The number of nitro groups is 1. The van der Waals surface area contributed by atoms with E-state index in [0.717, 1.165) is 14.2 Å². The third kappa shape index (κ3) is 3.56. The molecule has 1 atom stereocenters. The van der Waals surface area contributed by atoms with Gasteiger partial charge in [0.25, 0.3) is 5.69 Å². The molecule has 1 unspecified atom stereocenters. The van der Waals surface area contributed by atoms with E-state index in [0.29, 0.717) is 10.5 Å². The van der Waals surface area contributed by atoms with Gasteiger partial charge in [0.1, 0.15) is 0 Å². The third-order valence-corrected chi connectivity index (χ3v) is 2.67. The van der Waals surface area contributed by atoms with E-state index >= 15 is 0 Å². The van der Waals surface area contributed by atoms with Gasteiger partial charge in [-0.3, -0.25) is 10.1 Å². The van der Waals surface area contributed by atoms with Gasteiger partial charge in [0.05, 0.1) is 25.2 Å². The van der Waals surface area contributed by atoms with E-state index < -0.39 is 23.2 Å². The van der Waals surface area contributed by atoms with E-state index in [9.17, 15) is 19.7 Å². The predicted octanol–water partition coefficient (Wildman–Crippen LogP) is 2.66. The van der Waals surface area contributed by atoms with Crippen LogP contribution in [0.25, 0.3) is 0 Å². The summed E-state index contributed by atoms with van der Waals surface area (Å²) in [6.07, 6.45) is -0.635. The van der Waals surface area contributed by atoms with Crippen LogP contribution in [0.3, 0.4) is 0 Å². The highest BCUT2D eigenvalue weighted by Crippen LogP contribution is 2.26. The number of carbonyl (C=O) groups excluding carboxylic acids is 2. The minimum absolute atomic E-state index is 0.172. The lowest BCUT2D eigenvalue weighted by Gasteiger charge is -2.25. The number of nitrogens with zero attached hydrogens (tertiary/aromatic N) is 2. The monoisotopic (exact) mass is 294 g/mol. The van der Waals surface area contributed by atoms with Gasteiger partial charge in [-0.2, -0.15) is 0 Å². The molecule has 0 spiro atoms. The smallest absolute Gasteiger partial charge is 0.419 e. The minimum atomic E-state index is -0.960. The van der Waals surface area contributed by atoms with Crippen LogP contribution >= 0.6 is 0 Å². The summed E-state index contributed by atoms with van der Waals surface area (Å²) in [6.45, 7) is 3.54. The molecule has 1 aromatic carbocycles. The molecule has 2 amide bonds. The van der Waals surface area contributed by atoms with Crippen molar-refractivity contribution in [2.45, 2.75) is 6.04 Å². The lowest BCUT2D eigenvalue weighted by Crippen LogP contribution is -2.39. The van der Waals surface area contributed by atoms with E-state index in [4.69, 9.17) is 0 Å². The molecule has 0 N–H and O–H groups in total.